The standard InChI is InChI=1S/C18H16N8O/c1-11-9-14(23-27-11)17-18-21-13(7-8-16-19-10-20-25(16)2)12-5-3-4-6-15(12)26(18)24-22-17/h3-6,9-10H,7-8H2,1-2H3. The number of hydrogen-bond donors (Lipinski definition) is 0. The molecular formula is C18H16N8O. The third-order valence-electron chi connectivity index (χ3n) is 4.59. The Kier molecular flexibility index (Phi) is 3.46. The molecule has 0 unspecified atom stereocenters. The molecule has 9 nitrogen and oxygen atoms in total. The lowest BCUT2D eigenvalue weighted by atomic mass is 10.1. The Morgan fingerprint density at radius 1 is 1.15 bits per heavy atom. The maximum absolute atomic E-state index is 5.19. The van der Waals surface area contributed by atoms with Crippen molar-refractivity contribution < 1.29 is 4.52 Å². The van der Waals surface area contributed by atoms with Crippen LogP contribution >= 0.6 is 0 Å². The fraction of sp³-hybridized carbons (Fsp3) is 0.222. The highest BCUT2D eigenvalue weighted by atomic mass is 16.5. The van der Waals surface area contributed by atoms with E-state index in [-0.39, 0.29) is 0 Å². The highest BCUT2D eigenvalue weighted by molar-refractivity contribution is 5.86. The van der Waals surface area contributed by atoms with Crippen molar-refractivity contribution in [2.45, 2.75) is 19.8 Å². The molecule has 0 aliphatic rings. The molecule has 134 valence electrons. The Morgan fingerprint density at radius 3 is 2.81 bits per heavy atom. The minimum absolute atomic E-state index is 0.609. The van der Waals surface area contributed by atoms with Gasteiger partial charge in [-0.1, -0.05) is 28.6 Å². The molecular weight excluding hydrogens is 344 g/mol. The van der Waals surface area contributed by atoms with Crippen LogP contribution in [0, 0.1) is 6.92 Å². The first-order chi connectivity index (χ1) is 13.2. The van der Waals surface area contributed by atoms with Gasteiger partial charge in [0.2, 0.25) is 0 Å². The topological polar surface area (TPSA) is 99.8 Å². The van der Waals surface area contributed by atoms with Crippen LogP contribution in [-0.4, -0.2) is 39.7 Å². The SMILES string of the molecule is Cc1cc(-c2nnn3c2nc(CCc2ncnn2C)c2ccccc23)no1. The van der Waals surface area contributed by atoms with Crippen LogP contribution < -0.4 is 0 Å². The Hall–Kier alpha value is -3.62. The molecule has 0 N–H and O–H groups in total. The summed E-state index contributed by atoms with van der Waals surface area (Å²) >= 11 is 0. The zero-order valence-electron chi connectivity index (χ0n) is 14.9. The molecule has 0 aliphatic carbocycles. The summed E-state index contributed by atoms with van der Waals surface area (Å²) in [4.78, 5) is 9.18. The second kappa shape index (κ2) is 5.97. The third-order valence-corrected chi connectivity index (χ3v) is 4.59. The maximum atomic E-state index is 5.19. The van der Waals surface area contributed by atoms with Gasteiger partial charge in [0.25, 0.3) is 0 Å². The monoisotopic (exact) mass is 360 g/mol. The lowest BCUT2D eigenvalue weighted by Crippen LogP contribution is -2.05. The average molecular weight is 360 g/mol. The molecule has 0 atom stereocenters. The Morgan fingerprint density at radius 2 is 2.04 bits per heavy atom. The van der Waals surface area contributed by atoms with Gasteiger partial charge >= 0.3 is 0 Å². The van der Waals surface area contributed by atoms with Crippen molar-refractivity contribution in [3.63, 3.8) is 0 Å². The molecule has 4 aromatic heterocycles. The zero-order chi connectivity index (χ0) is 18.4. The Labute approximate surface area is 153 Å². The van der Waals surface area contributed by atoms with E-state index < -0.39 is 0 Å². The second-order valence-corrected chi connectivity index (χ2v) is 6.37. The van der Waals surface area contributed by atoms with E-state index in [9.17, 15) is 0 Å². The number of benzene rings is 1. The van der Waals surface area contributed by atoms with Gasteiger partial charge < -0.3 is 4.52 Å². The molecule has 9 heteroatoms. The molecule has 0 saturated heterocycles. The fourth-order valence-corrected chi connectivity index (χ4v) is 3.24. The lowest BCUT2D eigenvalue weighted by molar-refractivity contribution is 0.399. The summed E-state index contributed by atoms with van der Waals surface area (Å²) in [5, 5.41) is 17.8. The predicted molar refractivity (Wildman–Crippen MR) is 96.9 cm³/mol. The van der Waals surface area contributed by atoms with Crippen LogP contribution in [0.5, 0.6) is 0 Å². The van der Waals surface area contributed by atoms with Gasteiger partial charge in [0.05, 0.1) is 11.2 Å². The van der Waals surface area contributed by atoms with Gasteiger partial charge in [0.1, 0.15) is 23.6 Å². The lowest BCUT2D eigenvalue weighted by Gasteiger charge is -2.07. The molecule has 0 radical (unpaired) electrons. The molecule has 5 aromatic rings. The van der Waals surface area contributed by atoms with Crippen LogP contribution in [0.4, 0.5) is 0 Å². The van der Waals surface area contributed by atoms with Gasteiger partial charge in [-0.15, -0.1) is 5.10 Å². The number of nitrogens with zero attached hydrogens (tertiary/aromatic N) is 8. The molecule has 0 amide bonds. The molecule has 0 fully saturated rings. The summed E-state index contributed by atoms with van der Waals surface area (Å²) in [6.45, 7) is 1.84. The first-order valence-corrected chi connectivity index (χ1v) is 8.60. The highest BCUT2D eigenvalue weighted by Crippen LogP contribution is 2.26. The zero-order valence-corrected chi connectivity index (χ0v) is 14.9. The van der Waals surface area contributed by atoms with Crippen molar-refractivity contribution in [1.29, 1.82) is 0 Å². The molecule has 0 spiro atoms. The molecule has 0 aliphatic heterocycles. The normalized spacial score (nSPS) is 11.6. The van der Waals surface area contributed by atoms with Crippen molar-refractivity contribution in [2.75, 3.05) is 0 Å². The predicted octanol–water partition coefficient (Wildman–Crippen LogP) is 2.15. The third kappa shape index (κ3) is 2.55. The molecule has 0 saturated carbocycles. The first-order valence-electron chi connectivity index (χ1n) is 8.60. The largest absolute Gasteiger partial charge is 0.361 e. The van der Waals surface area contributed by atoms with E-state index in [1.54, 1.807) is 15.5 Å². The van der Waals surface area contributed by atoms with Gasteiger partial charge in [0.15, 0.2) is 11.3 Å². The number of rotatable bonds is 4. The van der Waals surface area contributed by atoms with E-state index in [4.69, 9.17) is 9.51 Å². The van der Waals surface area contributed by atoms with E-state index in [1.807, 2.05) is 38.2 Å². The van der Waals surface area contributed by atoms with Gasteiger partial charge in [0, 0.05) is 24.9 Å². The number of hydrogen-bond acceptors (Lipinski definition) is 7. The number of aromatic nitrogens is 8. The highest BCUT2D eigenvalue weighted by Gasteiger charge is 2.18. The van der Waals surface area contributed by atoms with E-state index >= 15 is 0 Å². The number of fused-ring (bicyclic) bond motifs is 3. The quantitative estimate of drug-likeness (QED) is 0.484. The van der Waals surface area contributed by atoms with Crippen LogP contribution in [-0.2, 0) is 19.9 Å². The van der Waals surface area contributed by atoms with E-state index in [2.05, 4.69) is 31.6 Å². The second-order valence-electron chi connectivity index (χ2n) is 6.37. The van der Waals surface area contributed by atoms with Crippen molar-refractivity contribution in [3.8, 4) is 11.4 Å². The minimum Gasteiger partial charge on any atom is -0.361 e. The van der Waals surface area contributed by atoms with Crippen LogP contribution in [0.25, 0.3) is 27.9 Å². The average Bonchev–Trinajstić information content (AvgIpc) is 3.39. The van der Waals surface area contributed by atoms with E-state index in [0.29, 0.717) is 17.0 Å². The maximum Gasteiger partial charge on any atom is 0.186 e. The summed E-state index contributed by atoms with van der Waals surface area (Å²) in [6.07, 6.45) is 3.03. The number of aryl methyl sites for hydroxylation is 4. The molecule has 1 aromatic carbocycles. The van der Waals surface area contributed by atoms with E-state index in [0.717, 1.165) is 41.0 Å². The summed E-state index contributed by atoms with van der Waals surface area (Å²) in [5.41, 5.74) is 3.82. The van der Waals surface area contributed by atoms with E-state index in [1.165, 1.54) is 0 Å². The number of para-hydroxylation sites is 1. The molecule has 27 heavy (non-hydrogen) atoms. The van der Waals surface area contributed by atoms with Crippen molar-refractivity contribution in [1.82, 2.24) is 39.7 Å². The molecule has 0 bridgehead atoms. The van der Waals surface area contributed by atoms with Gasteiger partial charge in [-0.3, -0.25) is 4.68 Å². The Balaban J connectivity index is 1.67. The van der Waals surface area contributed by atoms with Gasteiger partial charge in [-0.05, 0) is 19.4 Å². The summed E-state index contributed by atoms with van der Waals surface area (Å²) < 4.78 is 8.72. The Bertz CT molecular complexity index is 1270. The van der Waals surface area contributed by atoms with Crippen LogP contribution in [0.15, 0.2) is 41.2 Å². The van der Waals surface area contributed by atoms with Crippen molar-refractivity contribution in [2.24, 2.45) is 7.05 Å². The minimum atomic E-state index is 0.609. The summed E-state index contributed by atoms with van der Waals surface area (Å²) in [5.74, 6) is 1.63. The fourth-order valence-electron chi connectivity index (χ4n) is 3.24. The molecule has 4 heterocycles. The van der Waals surface area contributed by atoms with Crippen molar-refractivity contribution in [3.05, 3.63) is 53.9 Å². The molecule has 5 rings (SSSR count). The van der Waals surface area contributed by atoms with Crippen molar-refractivity contribution >= 4 is 16.6 Å². The smallest absolute Gasteiger partial charge is 0.186 e. The first kappa shape index (κ1) is 15.6. The summed E-state index contributed by atoms with van der Waals surface area (Å²) in [6, 6.07) is 9.88. The van der Waals surface area contributed by atoms with Crippen LogP contribution in [0.1, 0.15) is 17.3 Å². The van der Waals surface area contributed by atoms with Crippen LogP contribution in [0.2, 0.25) is 0 Å². The summed E-state index contributed by atoms with van der Waals surface area (Å²) in [7, 11) is 1.89. The van der Waals surface area contributed by atoms with Gasteiger partial charge in [-0.2, -0.15) is 9.61 Å². The van der Waals surface area contributed by atoms with Crippen LogP contribution in [0.3, 0.4) is 0 Å². The van der Waals surface area contributed by atoms with Gasteiger partial charge in [-0.25, -0.2) is 9.97 Å².